The second-order valence-corrected chi connectivity index (χ2v) is 13.1. The largest absolute Gasteiger partial charge is 0.490 e. The van der Waals surface area contributed by atoms with Crippen LogP contribution in [-0.2, 0) is 16.3 Å². The number of nitrogens with zero attached hydrogens (tertiary/aromatic N) is 5. The number of aromatic nitrogens is 6. The Labute approximate surface area is 259 Å². The minimum absolute atomic E-state index is 0.0133. The monoisotopic (exact) mass is 640 g/mol. The van der Waals surface area contributed by atoms with Gasteiger partial charge in [0.2, 0.25) is 21.6 Å². The van der Waals surface area contributed by atoms with Gasteiger partial charge in [-0.1, -0.05) is 37.6 Å². The molecule has 2 N–H and O–H groups in total. The van der Waals surface area contributed by atoms with Gasteiger partial charge in [0, 0.05) is 22.9 Å². The molecule has 232 valence electrons. The van der Waals surface area contributed by atoms with Crippen LogP contribution in [-0.4, -0.2) is 68.7 Å². The lowest BCUT2D eigenvalue weighted by atomic mass is 10.1. The van der Waals surface area contributed by atoms with E-state index in [1.54, 1.807) is 0 Å². The van der Waals surface area contributed by atoms with E-state index in [9.17, 15) is 13.5 Å². The molecule has 0 aliphatic rings. The molecule has 2 aromatic carbocycles. The van der Waals surface area contributed by atoms with E-state index in [1.165, 1.54) is 0 Å². The van der Waals surface area contributed by atoms with Crippen LogP contribution in [0, 0.1) is 13.8 Å². The van der Waals surface area contributed by atoms with Gasteiger partial charge in [0.1, 0.15) is 30.1 Å². The molecule has 0 amide bonds. The average Bonchev–Trinajstić information content (AvgIpc) is 3.63. The number of benzene rings is 2. The molecule has 0 bridgehead atoms. The van der Waals surface area contributed by atoms with Gasteiger partial charge in [0.15, 0.2) is 5.52 Å². The Hall–Kier alpha value is -4.07. The van der Waals surface area contributed by atoms with Crippen LogP contribution in [0.1, 0.15) is 55.0 Å². The molecule has 5 rings (SSSR count). The van der Waals surface area contributed by atoms with Crippen LogP contribution < -0.4 is 9.47 Å². The van der Waals surface area contributed by atoms with Crippen molar-refractivity contribution in [1.82, 2.24) is 30.1 Å². The molecular weight excluding hydrogens is 608 g/mol. The van der Waals surface area contributed by atoms with Crippen molar-refractivity contribution < 1.29 is 27.4 Å². The standard InChI is InChI=1S/C30H33ClN6O6S/c1-6-41-28-24-29(33-23(32-28)13-19-7-9-21(31)10-8-19)43-27(34-24)20-11-17(4)25(18(5)12-20)42-14-22(38)15-44(39,40)30-35-26(16(2)3)36-37-30/h7-12,16,22,38H,6,13-15H2,1-5H3,(H,35,36,37). The van der Waals surface area contributed by atoms with Crippen molar-refractivity contribution in [3.05, 3.63) is 69.8 Å². The first kappa shape index (κ1) is 31.4. The van der Waals surface area contributed by atoms with Gasteiger partial charge in [0.25, 0.3) is 10.9 Å². The number of aryl methyl sites for hydroxylation is 2. The Morgan fingerprint density at radius 1 is 1.02 bits per heavy atom. The molecular formula is C30H33ClN6O6S. The molecule has 1 unspecified atom stereocenters. The molecule has 1 atom stereocenters. The van der Waals surface area contributed by atoms with E-state index in [1.807, 2.05) is 71.0 Å². The van der Waals surface area contributed by atoms with Crippen molar-refractivity contribution >= 4 is 32.7 Å². The average molecular weight is 641 g/mol. The number of ether oxygens (including phenoxy) is 2. The molecule has 5 aromatic rings. The topological polar surface area (TPSA) is 166 Å². The predicted octanol–water partition coefficient (Wildman–Crippen LogP) is 5.00. The highest BCUT2D eigenvalue weighted by Crippen LogP contribution is 2.33. The van der Waals surface area contributed by atoms with Gasteiger partial charge in [-0.3, -0.25) is 5.10 Å². The summed E-state index contributed by atoms with van der Waals surface area (Å²) in [5, 5.41) is 17.2. The van der Waals surface area contributed by atoms with Crippen molar-refractivity contribution in [2.24, 2.45) is 0 Å². The third-order valence-electron chi connectivity index (χ3n) is 6.68. The van der Waals surface area contributed by atoms with Crippen molar-refractivity contribution in [3.8, 4) is 23.1 Å². The van der Waals surface area contributed by atoms with Gasteiger partial charge in [-0.25, -0.2) is 18.4 Å². The smallest absolute Gasteiger partial charge is 0.266 e. The molecule has 12 nitrogen and oxygen atoms in total. The van der Waals surface area contributed by atoms with Gasteiger partial charge in [-0.05, 0) is 61.7 Å². The van der Waals surface area contributed by atoms with E-state index in [0.29, 0.717) is 64.0 Å². The van der Waals surface area contributed by atoms with E-state index in [0.717, 1.165) is 16.7 Å². The Morgan fingerprint density at radius 3 is 2.36 bits per heavy atom. The van der Waals surface area contributed by atoms with E-state index < -0.39 is 21.7 Å². The zero-order valence-electron chi connectivity index (χ0n) is 25.0. The predicted molar refractivity (Wildman–Crippen MR) is 164 cm³/mol. The van der Waals surface area contributed by atoms with E-state index in [-0.39, 0.29) is 17.7 Å². The minimum atomic E-state index is -3.91. The molecule has 0 aliphatic heterocycles. The molecule has 0 aliphatic carbocycles. The normalized spacial score (nSPS) is 12.6. The highest BCUT2D eigenvalue weighted by molar-refractivity contribution is 7.91. The summed E-state index contributed by atoms with van der Waals surface area (Å²) in [4.78, 5) is 17.8. The summed E-state index contributed by atoms with van der Waals surface area (Å²) >= 11 is 6.02. The Bertz CT molecular complexity index is 1870. The molecule has 0 fully saturated rings. The summed E-state index contributed by atoms with van der Waals surface area (Å²) in [6.07, 6.45) is -0.841. The Morgan fingerprint density at radius 2 is 1.73 bits per heavy atom. The van der Waals surface area contributed by atoms with Crippen LogP contribution in [0.2, 0.25) is 5.02 Å². The first-order valence-electron chi connectivity index (χ1n) is 14.1. The molecule has 0 radical (unpaired) electrons. The van der Waals surface area contributed by atoms with E-state index in [4.69, 9.17) is 25.5 Å². The number of oxazole rings is 1. The van der Waals surface area contributed by atoms with Crippen molar-refractivity contribution in [2.45, 2.75) is 58.2 Å². The second-order valence-electron chi connectivity index (χ2n) is 10.7. The summed E-state index contributed by atoms with van der Waals surface area (Å²) in [5.41, 5.74) is 3.86. The fourth-order valence-corrected chi connectivity index (χ4v) is 5.88. The number of hydrogen-bond acceptors (Lipinski definition) is 11. The molecule has 0 spiro atoms. The highest BCUT2D eigenvalue weighted by Gasteiger charge is 2.26. The maximum Gasteiger partial charge on any atom is 0.266 e. The van der Waals surface area contributed by atoms with Crippen molar-refractivity contribution in [1.29, 1.82) is 0 Å². The zero-order valence-corrected chi connectivity index (χ0v) is 26.5. The third-order valence-corrected chi connectivity index (χ3v) is 8.49. The lowest BCUT2D eigenvalue weighted by Gasteiger charge is -2.16. The maximum absolute atomic E-state index is 12.7. The summed E-state index contributed by atoms with van der Waals surface area (Å²) in [5.74, 6) is 1.56. The lowest BCUT2D eigenvalue weighted by Crippen LogP contribution is -2.28. The third kappa shape index (κ3) is 7.01. The SMILES string of the molecule is CCOc1nc(Cc2ccc(Cl)cc2)nc2oc(-c3cc(C)c(OCC(O)CS(=O)(=O)c4n[nH]c(C(C)C)n4)c(C)c3)nc12. The Kier molecular flexibility index (Phi) is 9.18. The number of fused-ring (bicyclic) bond motifs is 1. The van der Waals surface area contributed by atoms with Crippen molar-refractivity contribution in [3.63, 3.8) is 0 Å². The van der Waals surface area contributed by atoms with Crippen LogP contribution in [0.4, 0.5) is 0 Å². The molecule has 3 aromatic heterocycles. The van der Waals surface area contributed by atoms with Gasteiger partial charge in [0.05, 0.1) is 12.4 Å². The number of hydrogen-bond donors (Lipinski definition) is 2. The maximum atomic E-state index is 12.7. The molecule has 3 heterocycles. The lowest BCUT2D eigenvalue weighted by molar-refractivity contribution is 0.124. The number of sulfone groups is 1. The number of nitrogens with one attached hydrogen (secondary N) is 1. The summed E-state index contributed by atoms with van der Waals surface area (Å²) in [6, 6.07) is 11.1. The summed E-state index contributed by atoms with van der Waals surface area (Å²) < 4.78 is 43.1. The molecule has 44 heavy (non-hydrogen) atoms. The molecule has 0 saturated heterocycles. The zero-order chi connectivity index (χ0) is 31.6. The first-order chi connectivity index (χ1) is 20.9. The number of H-pyrrole nitrogens is 1. The van der Waals surface area contributed by atoms with Crippen LogP contribution in [0.25, 0.3) is 22.7 Å². The number of aromatic amines is 1. The summed E-state index contributed by atoms with van der Waals surface area (Å²) in [6.45, 7) is 9.43. The highest BCUT2D eigenvalue weighted by atomic mass is 35.5. The number of aliphatic hydroxyl groups is 1. The van der Waals surface area contributed by atoms with Gasteiger partial charge in [-0.15, -0.1) is 5.10 Å². The van der Waals surface area contributed by atoms with Gasteiger partial charge < -0.3 is 19.0 Å². The van der Waals surface area contributed by atoms with Crippen LogP contribution in [0.5, 0.6) is 11.6 Å². The Balaban J connectivity index is 1.33. The fourth-order valence-electron chi connectivity index (χ4n) is 4.58. The van der Waals surface area contributed by atoms with Gasteiger partial charge in [-0.2, -0.15) is 9.97 Å². The van der Waals surface area contributed by atoms with Crippen LogP contribution >= 0.6 is 11.6 Å². The first-order valence-corrected chi connectivity index (χ1v) is 16.1. The van der Waals surface area contributed by atoms with Crippen molar-refractivity contribution in [2.75, 3.05) is 19.0 Å². The second kappa shape index (κ2) is 12.9. The minimum Gasteiger partial charge on any atom is -0.490 e. The van der Waals surface area contributed by atoms with E-state index >= 15 is 0 Å². The fraction of sp³-hybridized carbons (Fsp3) is 0.367. The molecule has 14 heteroatoms. The molecule has 0 saturated carbocycles. The van der Waals surface area contributed by atoms with Crippen LogP contribution in [0.15, 0.2) is 46.0 Å². The van der Waals surface area contributed by atoms with E-state index in [2.05, 4.69) is 30.1 Å². The quantitative estimate of drug-likeness (QED) is 0.188. The van der Waals surface area contributed by atoms with Gasteiger partial charge >= 0.3 is 0 Å². The number of aliphatic hydroxyl groups excluding tert-OH is 1. The summed E-state index contributed by atoms with van der Waals surface area (Å²) in [7, 11) is -3.91. The number of halogens is 1. The van der Waals surface area contributed by atoms with Crippen LogP contribution in [0.3, 0.4) is 0 Å². The number of rotatable bonds is 12.